The Morgan fingerprint density at radius 2 is 1.73 bits per heavy atom. The Morgan fingerprint density at radius 1 is 1.09 bits per heavy atom. The average molecular weight is 482 g/mol. The predicted molar refractivity (Wildman–Crippen MR) is 120 cm³/mol. The number of benzene rings is 1. The van der Waals surface area contributed by atoms with E-state index in [0.29, 0.717) is 22.2 Å². The van der Waals surface area contributed by atoms with E-state index >= 15 is 0 Å². The second-order valence-electron chi connectivity index (χ2n) is 7.28. The number of rotatable bonds is 3. The van der Waals surface area contributed by atoms with Crippen LogP contribution in [0.4, 0.5) is 24.5 Å². The van der Waals surface area contributed by atoms with Crippen molar-refractivity contribution in [1.82, 2.24) is 9.47 Å². The van der Waals surface area contributed by atoms with Crippen LogP contribution in [0.1, 0.15) is 22.0 Å². The summed E-state index contributed by atoms with van der Waals surface area (Å²) >= 11 is 0.387. The summed E-state index contributed by atoms with van der Waals surface area (Å²) in [5.41, 5.74) is -0.550. The number of carbonyl (C=O) groups excluding carboxylic acids is 1. The number of hydrogen-bond donors (Lipinski definition) is 0. The molecule has 0 N–H and O–H groups in total. The van der Waals surface area contributed by atoms with E-state index < -0.39 is 33.1 Å². The zero-order valence-corrected chi connectivity index (χ0v) is 17.6. The summed E-state index contributed by atoms with van der Waals surface area (Å²) in [5.74, 6) is -0.520. The Kier molecular flexibility index (Phi) is 6.50. The molecule has 0 radical (unpaired) electrons. The Balaban J connectivity index is 0.00000306. The van der Waals surface area contributed by atoms with Crippen molar-refractivity contribution >= 4 is 39.5 Å². The third-order valence-electron chi connectivity index (χ3n) is 5.41. The van der Waals surface area contributed by atoms with Gasteiger partial charge in [0.25, 0.3) is 5.91 Å². The van der Waals surface area contributed by atoms with Crippen LogP contribution in [0.25, 0.3) is 10.9 Å². The topological polar surface area (TPSA) is 88.7 Å². The molecule has 2 aromatic heterocycles. The number of pyridine rings is 1. The number of amides is 1. The first kappa shape index (κ1) is 24.2. The van der Waals surface area contributed by atoms with Crippen LogP contribution in [0.15, 0.2) is 41.2 Å². The summed E-state index contributed by atoms with van der Waals surface area (Å²) in [7, 11) is 1.47. The van der Waals surface area contributed by atoms with Crippen LogP contribution in [0.5, 0.6) is 0 Å². The number of thiophene rings is 1. The lowest BCUT2D eigenvalue weighted by Gasteiger charge is -2.36. The van der Waals surface area contributed by atoms with Gasteiger partial charge in [-0.25, -0.2) is 0 Å². The van der Waals surface area contributed by atoms with E-state index in [2.05, 4.69) is 0 Å². The molecule has 176 valence electrons. The van der Waals surface area contributed by atoms with E-state index in [-0.39, 0.29) is 44.2 Å². The van der Waals surface area contributed by atoms with E-state index in [4.69, 9.17) is 0 Å². The lowest BCUT2D eigenvalue weighted by molar-refractivity contribution is -0.385. The van der Waals surface area contributed by atoms with Crippen molar-refractivity contribution in [2.75, 3.05) is 31.1 Å². The number of para-hydroxylation sites is 1. The van der Waals surface area contributed by atoms with Gasteiger partial charge in [0.05, 0.1) is 15.3 Å². The molecule has 8 nitrogen and oxygen atoms in total. The van der Waals surface area contributed by atoms with Crippen molar-refractivity contribution in [2.45, 2.75) is 13.6 Å². The molecule has 1 aliphatic heterocycles. The fraction of sp³-hybridized carbons (Fsp3) is 0.333. The Morgan fingerprint density at radius 3 is 2.30 bits per heavy atom. The number of carbonyl (C=O) groups is 1. The van der Waals surface area contributed by atoms with E-state index in [0.717, 1.165) is 12.1 Å². The molecule has 0 saturated carbocycles. The number of alkyl halides is 3. The van der Waals surface area contributed by atoms with Crippen LogP contribution >= 0.6 is 11.3 Å². The molecule has 1 saturated heterocycles. The fourth-order valence-electron chi connectivity index (χ4n) is 3.84. The smallest absolute Gasteiger partial charge is 0.362 e. The van der Waals surface area contributed by atoms with Gasteiger partial charge in [-0.2, -0.15) is 13.2 Å². The highest BCUT2D eigenvalue weighted by molar-refractivity contribution is 7.14. The molecule has 3 heterocycles. The number of hydrogen-bond acceptors (Lipinski definition) is 6. The van der Waals surface area contributed by atoms with Crippen molar-refractivity contribution in [3.8, 4) is 0 Å². The Hall–Kier alpha value is -3.41. The van der Waals surface area contributed by atoms with Gasteiger partial charge < -0.3 is 14.4 Å². The first-order valence-electron chi connectivity index (χ1n) is 9.57. The molecule has 1 aliphatic rings. The minimum Gasteiger partial charge on any atom is -0.362 e. The van der Waals surface area contributed by atoms with Gasteiger partial charge in [0.1, 0.15) is 10.6 Å². The third kappa shape index (κ3) is 4.30. The average Bonchev–Trinajstić information content (AvgIpc) is 3.26. The van der Waals surface area contributed by atoms with Crippen molar-refractivity contribution in [1.29, 1.82) is 0 Å². The minimum atomic E-state index is -4.51. The van der Waals surface area contributed by atoms with Crippen molar-refractivity contribution in [2.24, 2.45) is 7.05 Å². The second-order valence-corrected chi connectivity index (χ2v) is 8.36. The SMILES string of the molecule is C.Cn1c(=O)c([N+](=O)[O-])c(N2CCN(C(=O)c3ccc(C(F)(F)F)s3)CC2)c2ccccc21. The zero-order valence-electron chi connectivity index (χ0n) is 16.8. The molecule has 12 heteroatoms. The number of anilines is 1. The predicted octanol–water partition coefficient (Wildman–Crippen LogP) is 4.13. The fourth-order valence-corrected chi connectivity index (χ4v) is 4.68. The first-order chi connectivity index (χ1) is 15.1. The van der Waals surface area contributed by atoms with Gasteiger partial charge in [0.15, 0.2) is 0 Å². The minimum absolute atomic E-state index is 0. The van der Waals surface area contributed by atoms with Crippen LogP contribution in [0.2, 0.25) is 0 Å². The summed E-state index contributed by atoms with van der Waals surface area (Å²) in [4.78, 5) is 38.6. The molecule has 1 aromatic carbocycles. The number of nitrogens with zero attached hydrogens (tertiary/aromatic N) is 4. The maximum atomic E-state index is 12.8. The van der Waals surface area contributed by atoms with Gasteiger partial charge in [-0.15, -0.1) is 11.3 Å². The molecule has 0 aliphatic carbocycles. The highest BCUT2D eigenvalue weighted by atomic mass is 32.1. The molecule has 1 amide bonds. The third-order valence-corrected chi connectivity index (χ3v) is 6.53. The molecule has 0 spiro atoms. The van der Waals surface area contributed by atoms with Crippen LogP contribution in [0.3, 0.4) is 0 Å². The molecule has 0 atom stereocenters. The lowest BCUT2D eigenvalue weighted by Crippen LogP contribution is -2.49. The molecule has 0 bridgehead atoms. The second kappa shape index (κ2) is 8.85. The number of piperazine rings is 1. The molecule has 4 rings (SSSR count). The number of aryl methyl sites for hydroxylation is 1. The monoisotopic (exact) mass is 482 g/mol. The van der Waals surface area contributed by atoms with Gasteiger partial charge in [0, 0.05) is 38.6 Å². The van der Waals surface area contributed by atoms with Gasteiger partial charge in [-0.1, -0.05) is 25.6 Å². The van der Waals surface area contributed by atoms with Crippen molar-refractivity contribution in [3.05, 3.63) is 66.6 Å². The quantitative estimate of drug-likeness (QED) is 0.414. The molecular formula is C21H21F3N4O4S. The Bertz CT molecular complexity index is 1280. The summed E-state index contributed by atoms with van der Waals surface area (Å²) in [6, 6.07) is 8.86. The molecule has 3 aromatic rings. The van der Waals surface area contributed by atoms with Crippen LogP contribution in [0, 0.1) is 10.1 Å². The largest absolute Gasteiger partial charge is 0.425 e. The van der Waals surface area contributed by atoms with Gasteiger partial charge >= 0.3 is 17.4 Å². The molecule has 33 heavy (non-hydrogen) atoms. The normalized spacial score (nSPS) is 14.3. The summed E-state index contributed by atoms with van der Waals surface area (Å²) in [6.45, 7) is 0.694. The summed E-state index contributed by atoms with van der Waals surface area (Å²) < 4.78 is 39.7. The molecule has 0 unspecified atom stereocenters. The number of halogens is 3. The summed E-state index contributed by atoms with van der Waals surface area (Å²) in [6.07, 6.45) is -4.51. The lowest BCUT2D eigenvalue weighted by atomic mass is 10.1. The van der Waals surface area contributed by atoms with Crippen molar-refractivity contribution in [3.63, 3.8) is 0 Å². The first-order valence-corrected chi connectivity index (χ1v) is 10.4. The van der Waals surface area contributed by atoms with Crippen molar-refractivity contribution < 1.29 is 22.9 Å². The van der Waals surface area contributed by atoms with Crippen LogP contribution in [-0.4, -0.2) is 46.5 Å². The van der Waals surface area contributed by atoms with Crippen LogP contribution in [-0.2, 0) is 13.2 Å². The van der Waals surface area contributed by atoms with E-state index in [1.807, 2.05) is 0 Å². The zero-order chi connectivity index (χ0) is 23.2. The standard InChI is InChI=1S/C20H17F3N4O4S.CH4/c1-24-13-5-3-2-4-12(13)16(17(19(24)29)27(30)31)25-8-10-26(11-9-25)18(28)14-6-7-15(32-14)20(21,22)23;/h2-7H,8-11H2,1H3;1H4. The maximum absolute atomic E-state index is 12.8. The van der Waals surface area contributed by atoms with Gasteiger partial charge in [0.2, 0.25) is 0 Å². The Labute approximate surface area is 190 Å². The highest BCUT2D eigenvalue weighted by Crippen LogP contribution is 2.36. The van der Waals surface area contributed by atoms with E-state index in [1.165, 1.54) is 16.5 Å². The van der Waals surface area contributed by atoms with Gasteiger partial charge in [-0.3, -0.25) is 19.7 Å². The molecular weight excluding hydrogens is 461 g/mol. The number of nitro groups is 1. The summed E-state index contributed by atoms with van der Waals surface area (Å²) in [5, 5.41) is 12.3. The van der Waals surface area contributed by atoms with E-state index in [9.17, 15) is 32.9 Å². The van der Waals surface area contributed by atoms with E-state index in [1.54, 1.807) is 29.2 Å². The number of fused-ring (bicyclic) bond motifs is 1. The highest BCUT2D eigenvalue weighted by Gasteiger charge is 2.35. The number of aromatic nitrogens is 1. The van der Waals surface area contributed by atoms with Gasteiger partial charge in [-0.05, 0) is 18.2 Å². The molecule has 1 fully saturated rings. The maximum Gasteiger partial charge on any atom is 0.425 e. The van der Waals surface area contributed by atoms with Crippen LogP contribution < -0.4 is 10.5 Å².